The highest BCUT2D eigenvalue weighted by molar-refractivity contribution is 5.89. The zero-order chi connectivity index (χ0) is 15.7. The van der Waals surface area contributed by atoms with E-state index in [1.807, 2.05) is 0 Å². The standard InChI is InChI=1S/C14H17F3N2O2.ClH/c1-9(19-12(20)13(18)6-7-13)10-2-4-11(5-3-10)21-8-14(15,16)17;/h2-5,9H,6-8,18H2,1H3,(H,19,20);1H. The van der Waals surface area contributed by atoms with Crippen LogP contribution in [0.3, 0.4) is 0 Å². The molecule has 1 fully saturated rings. The second-order valence-corrected chi connectivity index (χ2v) is 5.32. The molecule has 1 saturated carbocycles. The van der Waals surface area contributed by atoms with Crippen molar-refractivity contribution < 1.29 is 22.7 Å². The Morgan fingerprint density at radius 2 is 1.91 bits per heavy atom. The zero-order valence-electron chi connectivity index (χ0n) is 11.9. The van der Waals surface area contributed by atoms with Gasteiger partial charge in [0.1, 0.15) is 5.75 Å². The average molecular weight is 339 g/mol. The zero-order valence-corrected chi connectivity index (χ0v) is 12.8. The van der Waals surface area contributed by atoms with Crippen molar-refractivity contribution in [1.82, 2.24) is 5.32 Å². The molecule has 0 aliphatic heterocycles. The number of amides is 1. The molecule has 1 aromatic rings. The van der Waals surface area contributed by atoms with Gasteiger partial charge in [0, 0.05) is 0 Å². The molecule has 0 aromatic heterocycles. The van der Waals surface area contributed by atoms with Gasteiger partial charge in [-0.25, -0.2) is 0 Å². The first-order valence-electron chi connectivity index (χ1n) is 6.59. The molecule has 124 valence electrons. The minimum Gasteiger partial charge on any atom is -0.484 e. The summed E-state index contributed by atoms with van der Waals surface area (Å²) in [6.45, 7) is 0.462. The monoisotopic (exact) mass is 338 g/mol. The number of alkyl halides is 3. The molecule has 1 atom stereocenters. The molecule has 3 N–H and O–H groups in total. The number of hydrogen-bond acceptors (Lipinski definition) is 3. The number of ether oxygens (including phenoxy) is 1. The van der Waals surface area contributed by atoms with E-state index in [0.29, 0.717) is 12.8 Å². The summed E-state index contributed by atoms with van der Waals surface area (Å²) in [6.07, 6.45) is -3.01. The molecule has 4 nitrogen and oxygen atoms in total. The Hall–Kier alpha value is -1.47. The molecule has 2 rings (SSSR count). The van der Waals surface area contributed by atoms with Gasteiger partial charge in [0.05, 0.1) is 11.6 Å². The Bertz CT molecular complexity index is 516. The Morgan fingerprint density at radius 3 is 2.36 bits per heavy atom. The van der Waals surface area contributed by atoms with Gasteiger partial charge in [0.15, 0.2) is 6.61 Å². The number of nitrogens with one attached hydrogen (secondary N) is 1. The second kappa shape index (κ2) is 6.75. The van der Waals surface area contributed by atoms with Gasteiger partial charge in [-0.1, -0.05) is 12.1 Å². The molecule has 0 saturated heterocycles. The van der Waals surface area contributed by atoms with E-state index in [1.165, 1.54) is 12.1 Å². The Balaban J connectivity index is 0.00000242. The third-order valence-corrected chi connectivity index (χ3v) is 3.37. The first-order valence-corrected chi connectivity index (χ1v) is 6.59. The van der Waals surface area contributed by atoms with Gasteiger partial charge < -0.3 is 15.8 Å². The van der Waals surface area contributed by atoms with E-state index in [-0.39, 0.29) is 30.1 Å². The molecule has 1 amide bonds. The van der Waals surface area contributed by atoms with Crippen LogP contribution in [-0.4, -0.2) is 24.2 Å². The van der Waals surface area contributed by atoms with E-state index in [2.05, 4.69) is 10.1 Å². The first kappa shape index (κ1) is 18.6. The molecule has 8 heteroatoms. The Morgan fingerprint density at radius 1 is 1.36 bits per heavy atom. The van der Waals surface area contributed by atoms with Crippen LogP contribution < -0.4 is 15.8 Å². The lowest BCUT2D eigenvalue weighted by atomic mass is 10.1. The second-order valence-electron chi connectivity index (χ2n) is 5.32. The highest BCUT2D eigenvalue weighted by Gasteiger charge is 2.46. The molecule has 1 unspecified atom stereocenters. The van der Waals surface area contributed by atoms with E-state index in [1.54, 1.807) is 19.1 Å². The fourth-order valence-electron chi connectivity index (χ4n) is 1.80. The summed E-state index contributed by atoms with van der Waals surface area (Å²) in [6, 6.07) is 5.85. The lowest BCUT2D eigenvalue weighted by Gasteiger charge is -2.17. The number of carbonyl (C=O) groups is 1. The number of benzene rings is 1. The lowest BCUT2D eigenvalue weighted by molar-refractivity contribution is -0.153. The van der Waals surface area contributed by atoms with Gasteiger partial charge in [-0.15, -0.1) is 12.4 Å². The molecule has 0 radical (unpaired) electrons. The van der Waals surface area contributed by atoms with Gasteiger partial charge in [-0.05, 0) is 37.5 Å². The SMILES string of the molecule is CC(NC(=O)C1(N)CC1)c1ccc(OCC(F)(F)F)cc1.Cl. The fraction of sp³-hybridized carbons (Fsp3) is 0.500. The van der Waals surface area contributed by atoms with Crippen LogP contribution in [0, 0.1) is 0 Å². The molecule has 0 bridgehead atoms. The molecule has 1 aromatic carbocycles. The Kier molecular flexibility index (Phi) is 5.70. The van der Waals surface area contributed by atoms with Gasteiger partial charge in [0.25, 0.3) is 0 Å². The maximum atomic E-state index is 12.0. The number of rotatable bonds is 5. The van der Waals surface area contributed by atoms with Crippen molar-refractivity contribution in [3.8, 4) is 5.75 Å². The molecule has 0 spiro atoms. The maximum Gasteiger partial charge on any atom is 0.422 e. The molecular formula is C14H18ClF3N2O2. The smallest absolute Gasteiger partial charge is 0.422 e. The average Bonchev–Trinajstić information content (AvgIpc) is 3.15. The molecule has 0 heterocycles. The summed E-state index contributed by atoms with van der Waals surface area (Å²) >= 11 is 0. The highest BCUT2D eigenvalue weighted by Crippen LogP contribution is 2.33. The lowest BCUT2D eigenvalue weighted by Crippen LogP contribution is -2.43. The van der Waals surface area contributed by atoms with Crippen molar-refractivity contribution in [2.75, 3.05) is 6.61 Å². The van der Waals surface area contributed by atoms with Crippen molar-refractivity contribution in [1.29, 1.82) is 0 Å². The summed E-state index contributed by atoms with van der Waals surface area (Å²) in [5, 5.41) is 2.79. The largest absolute Gasteiger partial charge is 0.484 e. The summed E-state index contributed by atoms with van der Waals surface area (Å²) in [4.78, 5) is 11.8. The van der Waals surface area contributed by atoms with Crippen LogP contribution in [-0.2, 0) is 4.79 Å². The topological polar surface area (TPSA) is 64.4 Å². The molecule has 22 heavy (non-hydrogen) atoms. The minimum absolute atomic E-state index is 0. The van der Waals surface area contributed by atoms with Crippen LogP contribution >= 0.6 is 12.4 Å². The van der Waals surface area contributed by atoms with E-state index >= 15 is 0 Å². The summed E-state index contributed by atoms with van der Waals surface area (Å²) in [5.41, 5.74) is 5.81. The predicted molar refractivity (Wildman–Crippen MR) is 78.0 cm³/mol. The first-order chi connectivity index (χ1) is 9.70. The molecular weight excluding hydrogens is 321 g/mol. The molecule has 1 aliphatic rings. The van der Waals surface area contributed by atoms with Crippen molar-refractivity contribution in [3.05, 3.63) is 29.8 Å². The molecule has 1 aliphatic carbocycles. The number of carbonyl (C=O) groups excluding carboxylic acids is 1. The Labute approximate surface area is 132 Å². The highest BCUT2D eigenvalue weighted by atomic mass is 35.5. The van der Waals surface area contributed by atoms with Gasteiger partial charge in [0.2, 0.25) is 5.91 Å². The summed E-state index contributed by atoms with van der Waals surface area (Å²) < 4.78 is 40.7. The van der Waals surface area contributed by atoms with E-state index < -0.39 is 18.3 Å². The summed E-state index contributed by atoms with van der Waals surface area (Å²) in [7, 11) is 0. The van der Waals surface area contributed by atoms with Crippen LogP contribution in [0.4, 0.5) is 13.2 Å². The van der Waals surface area contributed by atoms with E-state index in [9.17, 15) is 18.0 Å². The van der Waals surface area contributed by atoms with Crippen molar-refractivity contribution in [2.45, 2.75) is 37.5 Å². The fourth-order valence-corrected chi connectivity index (χ4v) is 1.80. The number of halogens is 4. The van der Waals surface area contributed by atoms with Gasteiger partial charge >= 0.3 is 6.18 Å². The van der Waals surface area contributed by atoms with Crippen LogP contribution in [0.15, 0.2) is 24.3 Å². The van der Waals surface area contributed by atoms with Crippen molar-refractivity contribution >= 4 is 18.3 Å². The van der Waals surface area contributed by atoms with Crippen LogP contribution in [0.1, 0.15) is 31.4 Å². The van der Waals surface area contributed by atoms with E-state index in [0.717, 1.165) is 5.56 Å². The van der Waals surface area contributed by atoms with Crippen molar-refractivity contribution in [3.63, 3.8) is 0 Å². The van der Waals surface area contributed by atoms with Crippen LogP contribution in [0.5, 0.6) is 5.75 Å². The minimum atomic E-state index is -4.36. The third-order valence-electron chi connectivity index (χ3n) is 3.37. The van der Waals surface area contributed by atoms with Crippen molar-refractivity contribution in [2.24, 2.45) is 5.73 Å². The predicted octanol–water partition coefficient (Wildman–Crippen LogP) is 2.72. The summed E-state index contributed by atoms with van der Waals surface area (Å²) in [5.74, 6) is -0.0699. The normalized spacial score (nSPS) is 17.1. The van der Waals surface area contributed by atoms with Crippen LogP contribution in [0.25, 0.3) is 0 Å². The third kappa shape index (κ3) is 5.06. The number of nitrogens with two attached hydrogens (primary N) is 1. The van der Waals surface area contributed by atoms with Gasteiger partial charge in [-0.2, -0.15) is 13.2 Å². The van der Waals surface area contributed by atoms with Gasteiger partial charge in [-0.3, -0.25) is 4.79 Å². The number of hydrogen-bond donors (Lipinski definition) is 2. The maximum absolute atomic E-state index is 12.0. The quantitative estimate of drug-likeness (QED) is 0.867. The van der Waals surface area contributed by atoms with Crippen LogP contribution in [0.2, 0.25) is 0 Å². The van der Waals surface area contributed by atoms with E-state index in [4.69, 9.17) is 5.73 Å².